The Labute approximate surface area is 106 Å². The van der Waals surface area contributed by atoms with Crippen LogP contribution >= 0.6 is 0 Å². The summed E-state index contributed by atoms with van der Waals surface area (Å²) in [7, 11) is -3.72. The Morgan fingerprint density at radius 1 is 1.56 bits per heavy atom. The highest BCUT2D eigenvalue weighted by molar-refractivity contribution is 7.89. The van der Waals surface area contributed by atoms with Crippen LogP contribution in [0.1, 0.15) is 25.6 Å². The summed E-state index contributed by atoms with van der Waals surface area (Å²) in [6.45, 7) is 4.27. The highest BCUT2D eigenvalue weighted by Crippen LogP contribution is 2.09. The second-order valence-corrected chi connectivity index (χ2v) is 5.58. The molecule has 0 aromatic carbocycles. The predicted octanol–water partition coefficient (Wildman–Crippen LogP) is 0.355. The molecule has 0 amide bonds. The van der Waals surface area contributed by atoms with Gasteiger partial charge in [0.05, 0.1) is 6.42 Å². The molecule has 2 N–H and O–H groups in total. The van der Waals surface area contributed by atoms with E-state index in [0.29, 0.717) is 12.4 Å². The Morgan fingerprint density at radius 3 is 2.78 bits per heavy atom. The average molecular weight is 275 g/mol. The number of hydrogen-bond acceptors (Lipinski definition) is 4. The van der Waals surface area contributed by atoms with Crippen LogP contribution in [0.25, 0.3) is 0 Å². The highest BCUT2D eigenvalue weighted by atomic mass is 32.2. The van der Waals surface area contributed by atoms with Crippen LogP contribution in [-0.4, -0.2) is 35.6 Å². The lowest BCUT2D eigenvalue weighted by Crippen LogP contribution is -2.26. The van der Waals surface area contributed by atoms with Gasteiger partial charge in [0.2, 0.25) is 0 Å². The zero-order valence-corrected chi connectivity index (χ0v) is 11.2. The number of sulfonamides is 1. The normalized spacial score (nSPS) is 11.7. The summed E-state index contributed by atoms with van der Waals surface area (Å²) in [5.41, 5.74) is 0. The number of aryl methyl sites for hydroxylation is 2. The highest BCUT2D eigenvalue weighted by Gasteiger charge is 2.18. The fraction of sp³-hybridized carbons (Fsp3) is 0.600. The molecule has 1 heterocycles. The van der Waals surface area contributed by atoms with Gasteiger partial charge in [-0.1, -0.05) is 6.92 Å². The van der Waals surface area contributed by atoms with Gasteiger partial charge in [-0.25, -0.2) is 18.1 Å². The molecule has 1 aromatic heterocycles. The largest absolute Gasteiger partial charge is 0.481 e. The minimum atomic E-state index is -3.72. The molecule has 0 unspecified atom stereocenters. The van der Waals surface area contributed by atoms with Gasteiger partial charge < -0.3 is 9.67 Å². The standard InChI is InChI=1S/C10H17N3O4S/c1-3-6-13-7-9(12-8(13)2)18(16,17)11-5-4-10(14)15/h7,11H,3-6H2,1-2H3,(H,14,15). The van der Waals surface area contributed by atoms with Crippen LogP contribution in [0.4, 0.5) is 0 Å². The maximum atomic E-state index is 11.8. The quantitative estimate of drug-likeness (QED) is 0.748. The maximum absolute atomic E-state index is 11.8. The number of aliphatic carboxylic acids is 1. The molecule has 102 valence electrons. The van der Waals surface area contributed by atoms with Crippen LogP contribution in [0.15, 0.2) is 11.2 Å². The first-order chi connectivity index (χ1) is 8.36. The minimum Gasteiger partial charge on any atom is -0.481 e. The first kappa shape index (κ1) is 14.7. The summed E-state index contributed by atoms with van der Waals surface area (Å²) in [5, 5.41) is 8.37. The van der Waals surface area contributed by atoms with Gasteiger partial charge in [0.25, 0.3) is 10.0 Å². The minimum absolute atomic E-state index is 0.0705. The lowest BCUT2D eigenvalue weighted by atomic mass is 10.5. The molecule has 0 spiro atoms. The summed E-state index contributed by atoms with van der Waals surface area (Å²) in [6, 6.07) is 0. The molecule has 0 aliphatic heterocycles. The number of carboxylic acids is 1. The Hall–Kier alpha value is -1.41. The molecular formula is C10H17N3O4S. The molecular weight excluding hydrogens is 258 g/mol. The second kappa shape index (κ2) is 5.96. The van der Waals surface area contributed by atoms with Gasteiger partial charge in [-0.2, -0.15) is 0 Å². The lowest BCUT2D eigenvalue weighted by molar-refractivity contribution is -0.136. The third-order valence-electron chi connectivity index (χ3n) is 2.32. The Balaban J connectivity index is 2.78. The van der Waals surface area contributed by atoms with Crippen LogP contribution in [-0.2, 0) is 21.4 Å². The number of rotatable bonds is 7. The van der Waals surface area contributed by atoms with Gasteiger partial charge in [-0.15, -0.1) is 0 Å². The van der Waals surface area contributed by atoms with Gasteiger partial charge >= 0.3 is 5.97 Å². The van der Waals surface area contributed by atoms with Crippen molar-refractivity contribution in [3.05, 3.63) is 12.0 Å². The topological polar surface area (TPSA) is 101 Å². The zero-order chi connectivity index (χ0) is 13.8. The first-order valence-electron chi connectivity index (χ1n) is 5.62. The zero-order valence-electron chi connectivity index (χ0n) is 10.4. The van der Waals surface area contributed by atoms with Crippen molar-refractivity contribution < 1.29 is 18.3 Å². The van der Waals surface area contributed by atoms with Crippen molar-refractivity contribution in [1.82, 2.24) is 14.3 Å². The van der Waals surface area contributed by atoms with Gasteiger partial charge in [0.1, 0.15) is 5.82 Å². The molecule has 0 aliphatic rings. The van der Waals surface area contributed by atoms with Crippen molar-refractivity contribution in [2.75, 3.05) is 6.54 Å². The number of imidazole rings is 1. The molecule has 0 aliphatic carbocycles. The summed E-state index contributed by atoms with van der Waals surface area (Å²) in [4.78, 5) is 14.3. The molecule has 0 radical (unpaired) electrons. The predicted molar refractivity (Wildman–Crippen MR) is 64.7 cm³/mol. The van der Waals surface area contributed by atoms with E-state index in [9.17, 15) is 13.2 Å². The van der Waals surface area contributed by atoms with Crippen LogP contribution in [0, 0.1) is 6.92 Å². The maximum Gasteiger partial charge on any atom is 0.304 e. The molecule has 7 nitrogen and oxygen atoms in total. The molecule has 8 heteroatoms. The van der Waals surface area contributed by atoms with E-state index in [0.717, 1.165) is 6.42 Å². The van der Waals surface area contributed by atoms with Crippen LogP contribution in [0.5, 0.6) is 0 Å². The van der Waals surface area contributed by atoms with E-state index in [1.54, 1.807) is 11.5 Å². The van der Waals surface area contributed by atoms with Crippen molar-refractivity contribution in [1.29, 1.82) is 0 Å². The number of nitrogens with zero attached hydrogens (tertiary/aromatic N) is 2. The Bertz CT molecular complexity index is 521. The Morgan fingerprint density at radius 2 is 2.22 bits per heavy atom. The number of carbonyl (C=O) groups is 1. The first-order valence-corrected chi connectivity index (χ1v) is 7.10. The number of hydrogen-bond donors (Lipinski definition) is 2. The van der Waals surface area contributed by atoms with Crippen molar-refractivity contribution in [3.8, 4) is 0 Å². The van der Waals surface area contributed by atoms with Gasteiger partial charge in [-0.3, -0.25) is 4.79 Å². The third-order valence-corrected chi connectivity index (χ3v) is 3.66. The SMILES string of the molecule is CCCn1cc(S(=O)(=O)NCCC(=O)O)nc1C. The fourth-order valence-corrected chi connectivity index (χ4v) is 2.48. The summed E-state index contributed by atoms with van der Waals surface area (Å²) in [5.74, 6) is -0.430. The van der Waals surface area contributed by atoms with E-state index >= 15 is 0 Å². The molecule has 0 saturated heterocycles. The van der Waals surface area contributed by atoms with E-state index in [4.69, 9.17) is 5.11 Å². The van der Waals surface area contributed by atoms with Gasteiger partial charge in [0.15, 0.2) is 5.03 Å². The molecule has 0 fully saturated rings. The van der Waals surface area contributed by atoms with Gasteiger partial charge in [-0.05, 0) is 13.3 Å². The molecule has 1 rings (SSSR count). The summed E-state index contributed by atoms with van der Waals surface area (Å²) >= 11 is 0. The lowest BCUT2D eigenvalue weighted by Gasteiger charge is -2.01. The smallest absolute Gasteiger partial charge is 0.304 e. The number of carboxylic acid groups (broad SMARTS) is 1. The Kier molecular flexibility index (Phi) is 4.85. The van der Waals surface area contributed by atoms with Crippen molar-refractivity contribution in [2.24, 2.45) is 0 Å². The van der Waals surface area contributed by atoms with Crippen LogP contribution in [0.3, 0.4) is 0 Å². The van der Waals surface area contributed by atoms with E-state index < -0.39 is 16.0 Å². The number of aromatic nitrogens is 2. The second-order valence-electron chi connectivity index (χ2n) is 3.86. The molecule has 1 aromatic rings. The molecule has 0 saturated carbocycles. The molecule has 18 heavy (non-hydrogen) atoms. The van der Waals surface area contributed by atoms with Crippen LogP contribution < -0.4 is 4.72 Å². The van der Waals surface area contributed by atoms with Crippen molar-refractivity contribution in [3.63, 3.8) is 0 Å². The molecule has 0 atom stereocenters. The summed E-state index contributed by atoms with van der Waals surface area (Å²) < 4.78 is 27.6. The van der Waals surface area contributed by atoms with Crippen molar-refractivity contribution in [2.45, 2.75) is 38.3 Å². The number of nitrogens with one attached hydrogen (secondary N) is 1. The summed E-state index contributed by atoms with van der Waals surface area (Å²) in [6.07, 6.45) is 2.08. The van der Waals surface area contributed by atoms with Crippen molar-refractivity contribution >= 4 is 16.0 Å². The van der Waals surface area contributed by atoms with E-state index in [2.05, 4.69) is 9.71 Å². The van der Waals surface area contributed by atoms with E-state index in [1.165, 1.54) is 6.20 Å². The van der Waals surface area contributed by atoms with E-state index in [-0.39, 0.29) is 18.0 Å². The monoisotopic (exact) mass is 275 g/mol. The average Bonchev–Trinajstić information content (AvgIpc) is 2.61. The van der Waals surface area contributed by atoms with E-state index in [1.807, 2.05) is 6.92 Å². The molecule has 0 bridgehead atoms. The van der Waals surface area contributed by atoms with Gasteiger partial charge in [0, 0.05) is 19.3 Å². The third kappa shape index (κ3) is 3.81. The fourth-order valence-electron chi connectivity index (χ4n) is 1.44. The van der Waals surface area contributed by atoms with Crippen LogP contribution in [0.2, 0.25) is 0 Å².